The minimum Gasteiger partial charge on any atom is -0.356 e. The van der Waals surface area contributed by atoms with Crippen LogP contribution in [0.5, 0.6) is 0 Å². The largest absolute Gasteiger partial charge is 0.356 e. The van der Waals surface area contributed by atoms with Crippen molar-refractivity contribution in [2.45, 2.75) is 19.4 Å². The molecule has 0 saturated carbocycles. The minimum absolute atomic E-state index is 0.0512. The second kappa shape index (κ2) is 6.62. The van der Waals surface area contributed by atoms with Crippen molar-refractivity contribution in [3.63, 3.8) is 0 Å². The molecule has 0 fully saturated rings. The maximum Gasteiger partial charge on any atom is 0.254 e. The highest BCUT2D eigenvalue weighted by Gasteiger charge is 2.33. The number of amides is 1. The quantitative estimate of drug-likeness (QED) is 0.680. The number of aromatic nitrogens is 1. The van der Waals surface area contributed by atoms with Gasteiger partial charge in [-0.2, -0.15) is 0 Å². The smallest absolute Gasteiger partial charge is 0.254 e. The number of benzene rings is 2. The van der Waals surface area contributed by atoms with Crippen LogP contribution in [0.3, 0.4) is 0 Å². The monoisotopic (exact) mass is 387 g/mol. The number of carbonyl (C=O) groups is 1. The van der Waals surface area contributed by atoms with E-state index in [1.807, 2.05) is 42.2 Å². The lowest BCUT2D eigenvalue weighted by atomic mass is 9.96. The molecule has 0 saturated heterocycles. The van der Waals surface area contributed by atoms with Crippen molar-refractivity contribution in [2.24, 2.45) is 5.73 Å². The lowest BCUT2D eigenvalue weighted by Gasteiger charge is -2.35. The van der Waals surface area contributed by atoms with Crippen LogP contribution in [-0.2, 0) is 6.42 Å². The topological polar surface area (TPSA) is 62.1 Å². The Balaban J connectivity index is 1.74. The Hall–Kier alpha value is -2.01. The fourth-order valence-electron chi connectivity index (χ4n) is 3.72. The van der Waals surface area contributed by atoms with Crippen LogP contribution in [-0.4, -0.2) is 28.9 Å². The Bertz CT molecular complexity index is 1010. The first-order chi connectivity index (χ1) is 12.5. The normalized spacial score (nSPS) is 16.8. The summed E-state index contributed by atoms with van der Waals surface area (Å²) < 4.78 is 0. The van der Waals surface area contributed by atoms with Gasteiger partial charge in [-0.25, -0.2) is 0 Å². The van der Waals surface area contributed by atoms with Crippen molar-refractivity contribution in [1.82, 2.24) is 9.88 Å². The van der Waals surface area contributed by atoms with Crippen molar-refractivity contribution in [3.8, 4) is 0 Å². The summed E-state index contributed by atoms with van der Waals surface area (Å²) >= 11 is 12.4. The Kier molecular flexibility index (Phi) is 4.43. The summed E-state index contributed by atoms with van der Waals surface area (Å²) in [6.45, 7) is 2.87. The summed E-state index contributed by atoms with van der Waals surface area (Å²) in [7, 11) is 0. The predicted octanol–water partition coefficient (Wildman–Crippen LogP) is 4.48. The van der Waals surface area contributed by atoms with Crippen molar-refractivity contribution in [2.75, 3.05) is 13.1 Å². The van der Waals surface area contributed by atoms with Gasteiger partial charge < -0.3 is 15.6 Å². The average Bonchev–Trinajstić information content (AvgIpc) is 3.00. The zero-order valence-electron chi connectivity index (χ0n) is 14.4. The summed E-state index contributed by atoms with van der Waals surface area (Å²) in [6.07, 6.45) is 0.761. The number of aryl methyl sites for hydroxylation is 1. The zero-order chi connectivity index (χ0) is 18.4. The van der Waals surface area contributed by atoms with E-state index in [2.05, 4.69) is 4.98 Å². The van der Waals surface area contributed by atoms with Crippen LogP contribution in [0.4, 0.5) is 0 Å². The molecule has 3 N–H and O–H groups in total. The second-order valence-corrected chi connectivity index (χ2v) is 7.51. The lowest BCUT2D eigenvalue weighted by molar-refractivity contribution is 0.0664. The molecule has 1 aliphatic heterocycles. The molecule has 134 valence electrons. The number of carbonyl (C=O) groups excluding carboxylic acids is 1. The molecule has 1 aromatic heterocycles. The number of aromatic amines is 1. The van der Waals surface area contributed by atoms with E-state index in [1.54, 1.807) is 6.07 Å². The standard InChI is InChI=1S/C20H19Cl2N3O/c1-11-2-3-12(8-16(11)22)20(26)25-7-6-14-15-9-13(21)4-5-17(15)24-19(14)18(25)10-23/h2-5,8-9,18,24H,6-7,10,23H2,1H3. The molecule has 2 heterocycles. The fourth-order valence-corrected chi connectivity index (χ4v) is 4.07. The van der Waals surface area contributed by atoms with E-state index in [-0.39, 0.29) is 11.9 Å². The maximum absolute atomic E-state index is 13.1. The Morgan fingerprint density at radius 3 is 2.81 bits per heavy atom. The van der Waals surface area contributed by atoms with Crippen LogP contribution in [0, 0.1) is 6.92 Å². The van der Waals surface area contributed by atoms with Gasteiger partial charge in [-0.1, -0.05) is 29.3 Å². The Labute approximate surface area is 161 Å². The van der Waals surface area contributed by atoms with Gasteiger partial charge in [0.15, 0.2) is 0 Å². The number of hydrogen-bond acceptors (Lipinski definition) is 2. The number of hydrogen-bond donors (Lipinski definition) is 2. The third-order valence-corrected chi connectivity index (χ3v) is 5.76. The van der Waals surface area contributed by atoms with Crippen molar-refractivity contribution in [1.29, 1.82) is 0 Å². The minimum atomic E-state index is -0.197. The maximum atomic E-state index is 13.1. The van der Waals surface area contributed by atoms with Crippen LogP contribution in [0.25, 0.3) is 10.9 Å². The van der Waals surface area contributed by atoms with Crippen molar-refractivity contribution < 1.29 is 4.79 Å². The van der Waals surface area contributed by atoms with Gasteiger partial charge in [-0.05, 0) is 54.8 Å². The van der Waals surface area contributed by atoms with E-state index in [4.69, 9.17) is 28.9 Å². The molecular weight excluding hydrogens is 369 g/mol. The number of nitrogens with one attached hydrogen (secondary N) is 1. The molecule has 1 unspecified atom stereocenters. The average molecular weight is 388 g/mol. The van der Waals surface area contributed by atoms with E-state index in [0.717, 1.165) is 28.6 Å². The van der Waals surface area contributed by atoms with Gasteiger partial charge in [0.2, 0.25) is 0 Å². The van der Waals surface area contributed by atoms with E-state index < -0.39 is 0 Å². The Morgan fingerprint density at radius 2 is 2.08 bits per heavy atom. The molecule has 26 heavy (non-hydrogen) atoms. The molecule has 6 heteroatoms. The van der Waals surface area contributed by atoms with E-state index >= 15 is 0 Å². The van der Waals surface area contributed by atoms with E-state index in [1.165, 1.54) is 5.56 Å². The first kappa shape index (κ1) is 17.4. The number of nitrogens with zero attached hydrogens (tertiary/aromatic N) is 1. The van der Waals surface area contributed by atoms with Crippen LogP contribution in [0.15, 0.2) is 36.4 Å². The first-order valence-electron chi connectivity index (χ1n) is 8.56. The van der Waals surface area contributed by atoms with Gasteiger partial charge in [0, 0.05) is 45.3 Å². The van der Waals surface area contributed by atoms with Crippen molar-refractivity contribution in [3.05, 3.63) is 68.8 Å². The summed E-state index contributed by atoms with van der Waals surface area (Å²) in [5, 5.41) is 2.41. The van der Waals surface area contributed by atoms with Crippen molar-refractivity contribution >= 4 is 40.0 Å². The molecule has 0 bridgehead atoms. The number of fused-ring (bicyclic) bond motifs is 3. The summed E-state index contributed by atoms with van der Waals surface area (Å²) in [6, 6.07) is 11.0. The zero-order valence-corrected chi connectivity index (χ0v) is 15.9. The number of halogens is 2. The SMILES string of the molecule is Cc1ccc(C(=O)N2CCc3c([nH]c4ccc(Cl)cc34)C2CN)cc1Cl. The van der Waals surface area contributed by atoms with Crippen LogP contribution in [0.2, 0.25) is 10.0 Å². The van der Waals surface area contributed by atoms with Gasteiger partial charge in [-0.3, -0.25) is 4.79 Å². The van der Waals surface area contributed by atoms with Gasteiger partial charge in [0.05, 0.1) is 6.04 Å². The van der Waals surface area contributed by atoms with Gasteiger partial charge in [-0.15, -0.1) is 0 Å². The molecular formula is C20H19Cl2N3O. The number of H-pyrrole nitrogens is 1. The highest BCUT2D eigenvalue weighted by atomic mass is 35.5. The predicted molar refractivity (Wildman–Crippen MR) is 106 cm³/mol. The summed E-state index contributed by atoms with van der Waals surface area (Å²) in [4.78, 5) is 18.4. The molecule has 4 nitrogen and oxygen atoms in total. The first-order valence-corrected chi connectivity index (χ1v) is 9.32. The highest BCUT2D eigenvalue weighted by Crippen LogP contribution is 2.36. The molecule has 2 aromatic carbocycles. The highest BCUT2D eigenvalue weighted by molar-refractivity contribution is 6.32. The summed E-state index contributed by atoms with van der Waals surface area (Å²) in [5.74, 6) is -0.0512. The van der Waals surface area contributed by atoms with Crippen LogP contribution >= 0.6 is 23.2 Å². The number of nitrogens with two attached hydrogens (primary N) is 1. The van der Waals surface area contributed by atoms with Crippen LogP contribution < -0.4 is 5.73 Å². The molecule has 0 aliphatic carbocycles. The fraction of sp³-hybridized carbons (Fsp3) is 0.250. The molecule has 1 amide bonds. The third-order valence-electron chi connectivity index (χ3n) is 5.12. The van der Waals surface area contributed by atoms with E-state index in [0.29, 0.717) is 28.7 Å². The molecule has 0 spiro atoms. The molecule has 4 rings (SSSR count). The Morgan fingerprint density at radius 1 is 1.27 bits per heavy atom. The van der Waals surface area contributed by atoms with Gasteiger partial charge in [0.25, 0.3) is 5.91 Å². The number of rotatable bonds is 2. The molecule has 1 aliphatic rings. The van der Waals surface area contributed by atoms with E-state index in [9.17, 15) is 4.79 Å². The van der Waals surface area contributed by atoms with Gasteiger partial charge in [0.1, 0.15) is 0 Å². The molecule has 3 aromatic rings. The molecule has 1 atom stereocenters. The molecule has 0 radical (unpaired) electrons. The van der Waals surface area contributed by atoms with Crippen LogP contribution in [0.1, 0.15) is 33.2 Å². The lowest BCUT2D eigenvalue weighted by Crippen LogP contribution is -2.43. The second-order valence-electron chi connectivity index (χ2n) is 6.67. The van der Waals surface area contributed by atoms with Gasteiger partial charge >= 0.3 is 0 Å². The third kappa shape index (κ3) is 2.78. The summed E-state index contributed by atoms with van der Waals surface area (Å²) in [5.41, 5.74) is 10.8.